The fourth-order valence-electron chi connectivity index (χ4n) is 7.04. The highest BCUT2D eigenvalue weighted by Gasteiger charge is 2.26. The summed E-state index contributed by atoms with van der Waals surface area (Å²) >= 11 is 18.7. The lowest BCUT2D eigenvalue weighted by Gasteiger charge is -2.21. The number of hydrogen-bond donors (Lipinski definition) is 3. The zero-order chi connectivity index (χ0) is 44.2. The third kappa shape index (κ3) is 9.16. The highest BCUT2D eigenvalue weighted by atomic mass is 35.5. The molecule has 0 aliphatic carbocycles. The molecule has 0 fully saturated rings. The van der Waals surface area contributed by atoms with Crippen LogP contribution in [-0.2, 0) is 0 Å². The van der Waals surface area contributed by atoms with Gasteiger partial charge in [-0.15, -0.1) is 0 Å². The SMILES string of the molecule is C.C[C@H](Nc1nccc(Cl)c1[N+](=O)[O-])c1cc2cccc(Cl)c2c(=O)n1-c1ccccc1.C[C@H](Nc1nccc(N)c1[N+](=O)[O-])c1cc2cccc(Cl)c2c(=O)n1-c1ccccc1. The summed E-state index contributed by atoms with van der Waals surface area (Å²) in [6.45, 7) is 3.58. The van der Waals surface area contributed by atoms with Gasteiger partial charge < -0.3 is 16.4 Å². The molecule has 0 aliphatic rings. The standard InChI is InChI=1S/C22H16Cl2N4O3.C22H18ClN5O3.CH4/c2*1-13(26-21-20(28(30)31)17(24)10-11-25-21)18-12-14-6-5-9-16(23)19(14)22(29)27(18)15-7-3-2-4-8-15;/h2-13H,1H3,(H,25,26);2-13H,1H3,(H3,24,25,26);1H4/t2*13-;/m00./s1. The van der Waals surface area contributed by atoms with Crippen molar-refractivity contribution in [2.24, 2.45) is 0 Å². The number of nitrogen functional groups attached to an aromatic ring is 1. The average molecular weight is 907 g/mol. The summed E-state index contributed by atoms with van der Waals surface area (Å²) in [5, 5.41) is 31.9. The van der Waals surface area contributed by atoms with E-state index in [0.717, 1.165) is 0 Å². The van der Waals surface area contributed by atoms with E-state index in [-0.39, 0.29) is 52.3 Å². The molecule has 0 unspecified atom stereocenters. The van der Waals surface area contributed by atoms with Crippen LogP contribution in [0.2, 0.25) is 15.1 Å². The molecule has 0 saturated carbocycles. The van der Waals surface area contributed by atoms with Gasteiger partial charge in [-0.3, -0.25) is 39.0 Å². The van der Waals surface area contributed by atoms with Crippen LogP contribution in [0.15, 0.2) is 143 Å². The molecule has 0 radical (unpaired) electrons. The molecule has 63 heavy (non-hydrogen) atoms. The summed E-state index contributed by atoms with van der Waals surface area (Å²) in [5.74, 6) is 0.0407. The molecule has 0 spiro atoms. The van der Waals surface area contributed by atoms with E-state index < -0.39 is 21.9 Å². The first kappa shape index (κ1) is 45.2. The lowest BCUT2D eigenvalue weighted by molar-refractivity contribution is -0.384. The van der Waals surface area contributed by atoms with Crippen LogP contribution >= 0.6 is 34.8 Å². The summed E-state index contributed by atoms with van der Waals surface area (Å²) in [4.78, 5) is 56.9. The summed E-state index contributed by atoms with van der Waals surface area (Å²) < 4.78 is 3.09. The second-order valence-corrected chi connectivity index (χ2v) is 15.1. The molecule has 4 heterocycles. The smallest absolute Gasteiger partial charge is 0.334 e. The van der Waals surface area contributed by atoms with E-state index in [1.54, 1.807) is 71.5 Å². The maximum atomic E-state index is 13.5. The number of nitrogens with one attached hydrogen (secondary N) is 2. The van der Waals surface area contributed by atoms with Gasteiger partial charge in [0.15, 0.2) is 0 Å². The Morgan fingerprint density at radius 2 is 1.00 bits per heavy atom. The van der Waals surface area contributed by atoms with Crippen molar-refractivity contribution in [1.29, 1.82) is 0 Å². The molecule has 2 atom stereocenters. The monoisotopic (exact) mass is 905 g/mol. The summed E-state index contributed by atoms with van der Waals surface area (Å²) in [5.41, 5.74) is 7.04. The number of halogens is 3. The van der Waals surface area contributed by atoms with Gasteiger partial charge in [-0.05, 0) is 85.3 Å². The Morgan fingerprint density at radius 1 is 0.587 bits per heavy atom. The van der Waals surface area contributed by atoms with Gasteiger partial charge in [0, 0.05) is 35.2 Å². The van der Waals surface area contributed by atoms with Gasteiger partial charge in [-0.2, -0.15) is 0 Å². The Labute approximate surface area is 374 Å². The predicted molar refractivity (Wildman–Crippen MR) is 251 cm³/mol. The maximum absolute atomic E-state index is 13.5. The number of pyridine rings is 4. The van der Waals surface area contributed by atoms with Crippen molar-refractivity contribution < 1.29 is 9.85 Å². The van der Waals surface area contributed by atoms with Crippen LogP contribution < -0.4 is 27.5 Å². The molecule has 0 amide bonds. The summed E-state index contributed by atoms with van der Waals surface area (Å²) in [7, 11) is 0. The van der Waals surface area contributed by atoms with Crippen molar-refractivity contribution in [3.63, 3.8) is 0 Å². The molecule has 320 valence electrons. The fraction of sp³-hybridized carbons (Fsp3) is 0.111. The Kier molecular flexibility index (Phi) is 13.7. The predicted octanol–water partition coefficient (Wildman–Crippen LogP) is 11.1. The van der Waals surface area contributed by atoms with Crippen LogP contribution in [0.1, 0.15) is 44.7 Å². The molecule has 0 aliphatic heterocycles. The lowest BCUT2D eigenvalue weighted by atomic mass is 10.1. The molecule has 8 aromatic rings. The van der Waals surface area contributed by atoms with E-state index in [9.17, 15) is 29.8 Å². The van der Waals surface area contributed by atoms with Crippen LogP contribution in [0.5, 0.6) is 0 Å². The van der Waals surface area contributed by atoms with Crippen molar-refractivity contribution in [2.45, 2.75) is 33.4 Å². The Balaban J connectivity index is 0.000000206. The third-order valence-corrected chi connectivity index (χ3v) is 10.8. The average Bonchev–Trinajstić information content (AvgIpc) is 3.24. The van der Waals surface area contributed by atoms with E-state index in [1.807, 2.05) is 60.7 Å². The van der Waals surface area contributed by atoms with Gasteiger partial charge in [0.2, 0.25) is 11.6 Å². The zero-order valence-electron chi connectivity index (χ0n) is 32.7. The number of benzene rings is 4. The van der Waals surface area contributed by atoms with E-state index in [4.69, 9.17) is 40.5 Å². The van der Waals surface area contributed by atoms with Crippen molar-refractivity contribution in [2.75, 3.05) is 16.4 Å². The van der Waals surface area contributed by atoms with Gasteiger partial charge in [-0.1, -0.05) is 103 Å². The van der Waals surface area contributed by atoms with E-state index >= 15 is 0 Å². The van der Waals surface area contributed by atoms with Crippen molar-refractivity contribution in [3.8, 4) is 11.4 Å². The number of aromatic nitrogens is 4. The first-order valence-electron chi connectivity index (χ1n) is 18.8. The minimum absolute atomic E-state index is 0. The second-order valence-electron chi connectivity index (χ2n) is 13.8. The van der Waals surface area contributed by atoms with Gasteiger partial charge in [0.25, 0.3) is 11.1 Å². The fourth-order valence-corrected chi connectivity index (χ4v) is 7.78. The van der Waals surface area contributed by atoms with Crippen molar-refractivity contribution in [3.05, 3.63) is 201 Å². The van der Waals surface area contributed by atoms with Gasteiger partial charge >= 0.3 is 11.4 Å². The molecule has 4 aromatic carbocycles. The molecule has 4 aromatic heterocycles. The van der Waals surface area contributed by atoms with Crippen LogP contribution in [0.25, 0.3) is 32.9 Å². The van der Waals surface area contributed by atoms with Crippen molar-refractivity contribution in [1.82, 2.24) is 19.1 Å². The van der Waals surface area contributed by atoms with Gasteiger partial charge in [-0.25, -0.2) is 9.97 Å². The van der Waals surface area contributed by atoms with Gasteiger partial charge in [0.05, 0.1) is 42.7 Å². The van der Waals surface area contributed by atoms with Crippen molar-refractivity contribution >= 4 is 85.0 Å². The quantitative estimate of drug-likeness (QED) is 0.0869. The number of rotatable bonds is 10. The molecular formula is C45H38Cl3N9O6. The molecule has 0 saturated heterocycles. The molecule has 18 heteroatoms. The molecule has 15 nitrogen and oxygen atoms in total. The summed E-state index contributed by atoms with van der Waals surface area (Å²) in [6.07, 6.45) is 2.77. The first-order valence-corrected chi connectivity index (χ1v) is 19.9. The maximum Gasteiger partial charge on any atom is 0.334 e. The van der Waals surface area contributed by atoms with Crippen LogP contribution in [0.4, 0.5) is 28.7 Å². The number of fused-ring (bicyclic) bond motifs is 2. The van der Waals surface area contributed by atoms with Crippen LogP contribution in [0.3, 0.4) is 0 Å². The second kappa shape index (κ2) is 19.2. The number of para-hydroxylation sites is 2. The minimum atomic E-state index is -0.588. The van der Waals surface area contributed by atoms with Gasteiger partial charge in [0.1, 0.15) is 10.7 Å². The normalized spacial score (nSPS) is 11.8. The van der Waals surface area contributed by atoms with Crippen LogP contribution in [0, 0.1) is 20.2 Å². The van der Waals surface area contributed by atoms with E-state index in [0.29, 0.717) is 54.4 Å². The molecular weight excluding hydrogens is 869 g/mol. The lowest BCUT2D eigenvalue weighted by Crippen LogP contribution is -2.26. The Morgan fingerprint density at radius 3 is 1.43 bits per heavy atom. The number of nitro groups is 2. The highest BCUT2D eigenvalue weighted by Crippen LogP contribution is 2.35. The van der Waals surface area contributed by atoms with E-state index in [2.05, 4.69) is 20.6 Å². The van der Waals surface area contributed by atoms with E-state index in [1.165, 1.54) is 24.5 Å². The zero-order valence-corrected chi connectivity index (χ0v) is 35.0. The Bertz CT molecular complexity index is 2920. The highest BCUT2D eigenvalue weighted by molar-refractivity contribution is 6.36. The topological polar surface area (TPSA) is 206 Å². The number of nitrogens with zero attached hydrogens (tertiary/aromatic N) is 6. The third-order valence-electron chi connectivity index (χ3n) is 9.87. The first-order chi connectivity index (χ1) is 29.8. The number of anilines is 3. The molecule has 8 rings (SSSR count). The largest absolute Gasteiger partial charge is 0.393 e. The summed E-state index contributed by atoms with van der Waals surface area (Å²) in [6, 6.07) is 34.0. The van der Waals surface area contributed by atoms with Crippen LogP contribution in [-0.4, -0.2) is 28.9 Å². The Hall–Kier alpha value is -7.33. The number of hydrogen-bond acceptors (Lipinski definition) is 11. The molecule has 0 bridgehead atoms. The number of nitrogens with two attached hydrogens (primary N) is 1. The molecule has 4 N–H and O–H groups in total. The minimum Gasteiger partial charge on any atom is -0.393 e.